The first-order valence-electron chi connectivity index (χ1n) is 17.3. The lowest BCUT2D eigenvalue weighted by atomic mass is 10.1. The number of rotatable bonds is 7. The van der Waals surface area contributed by atoms with E-state index in [1.807, 2.05) is 24.3 Å². The number of carbonyl (C=O) groups excluding carboxylic acids is 1. The second-order valence-electron chi connectivity index (χ2n) is 13.4. The van der Waals surface area contributed by atoms with Crippen LogP contribution in [0.2, 0.25) is 0 Å². The van der Waals surface area contributed by atoms with Gasteiger partial charge < -0.3 is 14.0 Å². The second kappa shape index (κ2) is 11.4. The van der Waals surface area contributed by atoms with Gasteiger partial charge in [0.15, 0.2) is 0 Å². The monoisotopic (exact) mass is 643 g/mol. The molecule has 0 bridgehead atoms. The van der Waals surface area contributed by atoms with Crippen molar-refractivity contribution in [1.82, 2.24) is 9.13 Å². The smallest absolute Gasteiger partial charge is 0.150 e. The summed E-state index contributed by atoms with van der Waals surface area (Å²) in [6.45, 7) is 0. The third-order valence-corrected chi connectivity index (χ3v) is 10.3. The van der Waals surface area contributed by atoms with E-state index < -0.39 is 0 Å². The van der Waals surface area contributed by atoms with Crippen molar-refractivity contribution in [2.75, 3.05) is 4.90 Å². The fourth-order valence-electron chi connectivity index (χ4n) is 7.79. The zero-order chi connectivity index (χ0) is 33.2. The number of anilines is 3. The molecule has 1 aliphatic carbocycles. The Labute approximate surface area is 290 Å². The predicted octanol–water partition coefficient (Wildman–Crippen LogP) is 12.0. The Kier molecular flexibility index (Phi) is 6.50. The zero-order valence-corrected chi connectivity index (χ0v) is 27.4. The molecule has 0 aliphatic heterocycles. The van der Waals surface area contributed by atoms with Crippen molar-refractivity contribution in [2.24, 2.45) is 0 Å². The van der Waals surface area contributed by atoms with Gasteiger partial charge in [0.2, 0.25) is 0 Å². The van der Waals surface area contributed by atoms with Crippen LogP contribution in [-0.2, 0) is 0 Å². The van der Waals surface area contributed by atoms with Crippen molar-refractivity contribution in [1.29, 1.82) is 0 Å². The van der Waals surface area contributed by atoms with Crippen LogP contribution in [0, 0.1) is 0 Å². The largest absolute Gasteiger partial charge is 0.310 e. The van der Waals surface area contributed by atoms with Gasteiger partial charge in [-0.1, -0.05) is 66.7 Å². The van der Waals surface area contributed by atoms with Gasteiger partial charge in [-0.25, -0.2) is 0 Å². The van der Waals surface area contributed by atoms with Crippen LogP contribution in [-0.4, -0.2) is 15.4 Å². The molecule has 0 radical (unpaired) electrons. The highest BCUT2D eigenvalue weighted by molar-refractivity contribution is 6.12. The van der Waals surface area contributed by atoms with E-state index in [0.29, 0.717) is 5.56 Å². The zero-order valence-electron chi connectivity index (χ0n) is 27.4. The molecule has 0 N–H and O–H groups in total. The van der Waals surface area contributed by atoms with Crippen molar-refractivity contribution in [3.63, 3.8) is 0 Å². The number of hydrogen-bond donors (Lipinski definition) is 0. The maximum absolute atomic E-state index is 11.4. The number of aromatic nitrogens is 2. The number of hydrogen-bond acceptors (Lipinski definition) is 2. The van der Waals surface area contributed by atoms with Gasteiger partial charge in [0.1, 0.15) is 6.29 Å². The molecule has 7 aromatic carbocycles. The lowest BCUT2D eigenvalue weighted by molar-refractivity contribution is 0.112. The minimum Gasteiger partial charge on any atom is -0.310 e. The minimum absolute atomic E-state index is 0.668. The third kappa shape index (κ3) is 4.56. The van der Waals surface area contributed by atoms with Gasteiger partial charge in [0.05, 0.1) is 22.1 Å². The summed E-state index contributed by atoms with van der Waals surface area (Å²) < 4.78 is 4.69. The molecule has 4 heteroatoms. The van der Waals surface area contributed by atoms with Crippen LogP contribution in [0.25, 0.3) is 55.0 Å². The minimum atomic E-state index is 0.668. The van der Waals surface area contributed by atoms with Gasteiger partial charge in [-0.15, -0.1) is 0 Å². The van der Waals surface area contributed by atoms with E-state index in [0.717, 1.165) is 46.0 Å². The molecular formula is C46H33N3O. The van der Waals surface area contributed by atoms with E-state index in [2.05, 4.69) is 154 Å². The molecule has 9 aromatic rings. The highest BCUT2D eigenvalue weighted by Crippen LogP contribution is 2.43. The fraction of sp³-hybridized carbons (Fsp3) is 0.0652. The molecule has 0 atom stereocenters. The highest BCUT2D eigenvalue weighted by Gasteiger charge is 2.24. The Hall–Kier alpha value is -6.39. The van der Waals surface area contributed by atoms with Crippen LogP contribution < -0.4 is 4.90 Å². The average Bonchev–Trinajstić information content (AvgIpc) is 3.91. The number of para-hydroxylation sites is 3. The molecule has 0 amide bonds. The predicted molar refractivity (Wildman–Crippen MR) is 207 cm³/mol. The molecule has 10 rings (SSSR count). The van der Waals surface area contributed by atoms with Crippen LogP contribution in [0.5, 0.6) is 0 Å². The van der Waals surface area contributed by atoms with E-state index in [4.69, 9.17) is 0 Å². The van der Waals surface area contributed by atoms with Gasteiger partial charge in [-0.3, -0.25) is 4.79 Å². The molecule has 1 saturated carbocycles. The molecule has 238 valence electrons. The first kappa shape index (κ1) is 28.6. The molecule has 0 unspecified atom stereocenters. The summed E-state index contributed by atoms with van der Waals surface area (Å²) in [6, 6.07) is 58.6. The van der Waals surface area contributed by atoms with Crippen molar-refractivity contribution in [3.8, 4) is 11.4 Å². The Balaban J connectivity index is 1.16. The van der Waals surface area contributed by atoms with Crippen molar-refractivity contribution in [3.05, 3.63) is 175 Å². The van der Waals surface area contributed by atoms with Gasteiger partial charge in [0, 0.05) is 55.5 Å². The molecule has 2 aromatic heterocycles. The Morgan fingerprint density at radius 2 is 0.940 bits per heavy atom. The summed E-state index contributed by atoms with van der Waals surface area (Å²) in [7, 11) is 0. The first-order valence-corrected chi connectivity index (χ1v) is 17.3. The van der Waals surface area contributed by atoms with E-state index in [-0.39, 0.29) is 0 Å². The van der Waals surface area contributed by atoms with Crippen LogP contribution >= 0.6 is 0 Å². The van der Waals surface area contributed by atoms with Crippen LogP contribution in [0.15, 0.2) is 164 Å². The summed E-state index contributed by atoms with van der Waals surface area (Å²) in [5, 5.41) is 4.82. The topological polar surface area (TPSA) is 30.2 Å². The Bertz CT molecular complexity index is 2710. The van der Waals surface area contributed by atoms with Crippen molar-refractivity contribution >= 4 is 67.0 Å². The van der Waals surface area contributed by atoms with Crippen LogP contribution in [0.1, 0.15) is 34.7 Å². The summed E-state index contributed by atoms with van der Waals surface area (Å²) in [5.41, 5.74) is 12.3. The van der Waals surface area contributed by atoms with E-state index in [1.54, 1.807) is 0 Å². The highest BCUT2D eigenvalue weighted by atomic mass is 16.1. The maximum atomic E-state index is 11.4. The maximum Gasteiger partial charge on any atom is 0.150 e. The lowest BCUT2D eigenvalue weighted by Crippen LogP contribution is -2.09. The fourth-order valence-corrected chi connectivity index (χ4v) is 7.79. The molecule has 1 aliphatic rings. The van der Waals surface area contributed by atoms with Gasteiger partial charge in [-0.05, 0) is 121 Å². The van der Waals surface area contributed by atoms with Crippen molar-refractivity contribution in [2.45, 2.75) is 18.8 Å². The number of aldehydes is 1. The summed E-state index contributed by atoms with van der Waals surface area (Å²) in [6.07, 6.45) is 3.50. The standard InChI is InChI=1S/C46H33N3O/c50-30-31-14-20-35(21-15-31)48-43-12-6-4-10-39(43)41-28-37(24-26-45(41)48)47(34-8-2-1-3-9-34)38-25-27-46-42(29-38)40-11-5-7-13-44(40)49(46)36-22-18-33(19-23-36)32-16-17-32/h1-15,18-30,32H,16-17H2. The SMILES string of the molecule is O=Cc1ccc(-n2c3ccccc3c3cc(N(c4ccccc4)c4ccc5c(c4)c4ccccc4n5-c4ccc(C5CC5)cc4)ccc32)cc1. The number of carbonyl (C=O) groups is 1. The lowest BCUT2D eigenvalue weighted by Gasteiger charge is -2.26. The summed E-state index contributed by atoms with van der Waals surface area (Å²) in [4.78, 5) is 13.7. The average molecular weight is 644 g/mol. The number of nitrogens with zero attached hydrogens (tertiary/aromatic N) is 3. The van der Waals surface area contributed by atoms with Crippen LogP contribution in [0.4, 0.5) is 17.1 Å². The van der Waals surface area contributed by atoms with Crippen LogP contribution in [0.3, 0.4) is 0 Å². The molecular weight excluding hydrogens is 611 g/mol. The van der Waals surface area contributed by atoms with E-state index in [1.165, 1.54) is 56.7 Å². The summed E-state index contributed by atoms with van der Waals surface area (Å²) in [5.74, 6) is 0.736. The normalized spacial score (nSPS) is 13.0. The molecule has 0 spiro atoms. The van der Waals surface area contributed by atoms with Gasteiger partial charge in [-0.2, -0.15) is 0 Å². The second-order valence-corrected chi connectivity index (χ2v) is 13.4. The van der Waals surface area contributed by atoms with Gasteiger partial charge in [0.25, 0.3) is 0 Å². The number of benzene rings is 7. The quantitative estimate of drug-likeness (QED) is 0.162. The molecule has 50 heavy (non-hydrogen) atoms. The summed E-state index contributed by atoms with van der Waals surface area (Å²) >= 11 is 0. The van der Waals surface area contributed by atoms with E-state index >= 15 is 0 Å². The molecule has 2 heterocycles. The third-order valence-electron chi connectivity index (χ3n) is 10.3. The van der Waals surface area contributed by atoms with Crippen molar-refractivity contribution < 1.29 is 4.79 Å². The molecule has 0 saturated heterocycles. The molecule has 1 fully saturated rings. The Morgan fingerprint density at radius 3 is 1.46 bits per heavy atom. The Morgan fingerprint density at radius 1 is 0.460 bits per heavy atom. The van der Waals surface area contributed by atoms with E-state index in [9.17, 15) is 4.79 Å². The first-order chi connectivity index (χ1) is 24.7. The molecule has 4 nitrogen and oxygen atoms in total. The number of fused-ring (bicyclic) bond motifs is 6. The van der Waals surface area contributed by atoms with Gasteiger partial charge >= 0.3 is 0 Å².